The molecule has 0 atom stereocenters. The van der Waals surface area contributed by atoms with Crippen LogP contribution in [-0.2, 0) is 10.0 Å². The molecule has 0 radical (unpaired) electrons. The summed E-state index contributed by atoms with van der Waals surface area (Å²) in [5.41, 5.74) is 6.46. The molecule has 0 aliphatic heterocycles. The van der Waals surface area contributed by atoms with Gasteiger partial charge in [0.05, 0.1) is 10.6 Å². The number of nitrogens with two attached hydrogens (primary N) is 1. The molecule has 2 aromatic rings. The lowest BCUT2D eigenvalue weighted by molar-refractivity contribution is 0.598. The fraction of sp³-hybridized carbons (Fsp3) is 0.0769. The fourth-order valence-electron chi connectivity index (χ4n) is 1.71. The topological polar surface area (TPSA) is 72.2 Å². The molecule has 7 heteroatoms. The summed E-state index contributed by atoms with van der Waals surface area (Å²) in [4.78, 5) is -0.0237. The molecule has 2 rings (SSSR count). The third-order valence-corrected chi connectivity index (χ3v) is 4.14. The van der Waals surface area contributed by atoms with Crippen LogP contribution in [0.3, 0.4) is 0 Å². The van der Waals surface area contributed by atoms with E-state index in [1.807, 2.05) is 0 Å². The van der Waals surface area contributed by atoms with Crippen LogP contribution in [0.2, 0.25) is 5.02 Å². The number of aryl methyl sites for hydroxylation is 1. The summed E-state index contributed by atoms with van der Waals surface area (Å²) in [5, 5.41) is 0.185. The molecule has 0 fully saturated rings. The van der Waals surface area contributed by atoms with Gasteiger partial charge in [0.15, 0.2) is 0 Å². The van der Waals surface area contributed by atoms with Gasteiger partial charge < -0.3 is 5.73 Å². The van der Waals surface area contributed by atoms with Gasteiger partial charge in [0, 0.05) is 10.7 Å². The molecule has 3 N–H and O–H groups in total. The number of benzene rings is 2. The number of rotatable bonds is 3. The highest BCUT2D eigenvalue weighted by Crippen LogP contribution is 2.23. The fourth-order valence-corrected chi connectivity index (χ4v) is 3.07. The van der Waals surface area contributed by atoms with E-state index in [0.717, 1.165) is 6.07 Å². The van der Waals surface area contributed by atoms with Crippen LogP contribution in [0.15, 0.2) is 41.3 Å². The molecule has 106 valence electrons. The van der Waals surface area contributed by atoms with E-state index < -0.39 is 15.8 Å². The number of anilines is 2. The van der Waals surface area contributed by atoms with Gasteiger partial charge >= 0.3 is 0 Å². The Morgan fingerprint density at radius 2 is 1.90 bits per heavy atom. The molecule has 0 amide bonds. The smallest absolute Gasteiger partial charge is 0.262 e. The molecule has 0 saturated carbocycles. The average molecular weight is 315 g/mol. The van der Waals surface area contributed by atoms with Crippen LogP contribution in [0.5, 0.6) is 0 Å². The zero-order valence-electron chi connectivity index (χ0n) is 10.5. The largest absolute Gasteiger partial charge is 0.399 e. The van der Waals surface area contributed by atoms with Gasteiger partial charge in [-0.25, -0.2) is 12.8 Å². The van der Waals surface area contributed by atoms with Crippen molar-refractivity contribution in [2.75, 3.05) is 10.5 Å². The van der Waals surface area contributed by atoms with Gasteiger partial charge in [-0.05, 0) is 48.9 Å². The molecule has 0 saturated heterocycles. The Labute approximate surface area is 121 Å². The minimum atomic E-state index is -3.91. The molecule has 0 unspecified atom stereocenters. The van der Waals surface area contributed by atoms with Crippen molar-refractivity contribution >= 4 is 33.0 Å². The molecule has 20 heavy (non-hydrogen) atoms. The van der Waals surface area contributed by atoms with Crippen LogP contribution in [0, 0.1) is 12.7 Å². The lowest BCUT2D eigenvalue weighted by atomic mass is 10.2. The van der Waals surface area contributed by atoms with E-state index >= 15 is 0 Å². The van der Waals surface area contributed by atoms with E-state index in [1.54, 1.807) is 13.0 Å². The SMILES string of the molecule is Cc1cc(N)cc(S(=O)(=O)Nc2ccc(Cl)cc2F)c1. The summed E-state index contributed by atoms with van der Waals surface area (Å²) in [6.07, 6.45) is 0. The molecule has 0 aromatic heterocycles. The highest BCUT2D eigenvalue weighted by molar-refractivity contribution is 7.92. The maximum Gasteiger partial charge on any atom is 0.262 e. The van der Waals surface area contributed by atoms with Crippen molar-refractivity contribution in [3.63, 3.8) is 0 Å². The molecule has 0 aliphatic rings. The first-order valence-corrected chi connectivity index (χ1v) is 7.49. The minimum Gasteiger partial charge on any atom is -0.399 e. The second-order valence-corrected chi connectivity index (χ2v) is 6.43. The van der Waals surface area contributed by atoms with Gasteiger partial charge in [0.25, 0.3) is 10.0 Å². The lowest BCUT2D eigenvalue weighted by Gasteiger charge is -2.10. The predicted molar refractivity (Wildman–Crippen MR) is 77.8 cm³/mol. The third-order valence-electron chi connectivity index (χ3n) is 2.56. The van der Waals surface area contributed by atoms with E-state index in [2.05, 4.69) is 4.72 Å². The summed E-state index contributed by atoms with van der Waals surface area (Å²) >= 11 is 5.61. The van der Waals surface area contributed by atoms with Gasteiger partial charge in [0.1, 0.15) is 5.82 Å². The molecule has 0 spiro atoms. The maximum absolute atomic E-state index is 13.6. The summed E-state index contributed by atoms with van der Waals surface area (Å²) in [6.45, 7) is 1.72. The first kappa shape index (κ1) is 14.6. The Balaban J connectivity index is 2.40. The van der Waals surface area contributed by atoms with E-state index in [1.165, 1.54) is 24.3 Å². The predicted octanol–water partition coefficient (Wildman–Crippen LogP) is 3.17. The van der Waals surface area contributed by atoms with Gasteiger partial charge in [0.2, 0.25) is 0 Å². The number of halogens is 2. The number of hydrogen-bond donors (Lipinski definition) is 2. The summed E-state index contributed by atoms with van der Waals surface area (Å²) in [5.74, 6) is -0.748. The molecular formula is C13H12ClFN2O2S. The second kappa shape index (κ2) is 5.30. The standard InChI is InChI=1S/C13H12ClFN2O2S/c1-8-4-10(16)7-11(5-8)20(18,19)17-13-3-2-9(14)6-12(13)15/h2-7,17H,16H2,1H3. The monoisotopic (exact) mass is 314 g/mol. The molecule has 0 heterocycles. The molecule has 2 aromatic carbocycles. The number of nitrogens with one attached hydrogen (secondary N) is 1. The van der Waals surface area contributed by atoms with E-state index in [-0.39, 0.29) is 15.6 Å². The van der Waals surface area contributed by atoms with Crippen LogP contribution in [0.4, 0.5) is 15.8 Å². The highest BCUT2D eigenvalue weighted by atomic mass is 35.5. The van der Waals surface area contributed by atoms with Crippen LogP contribution < -0.4 is 10.5 Å². The number of sulfonamides is 1. The quantitative estimate of drug-likeness (QED) is 0.855. The zero-order valence-corrected chi connectivity index (χ0v) is 12.1. The maximum atomic E-state index is 13.6. The number of hydrogen-bond acceptors (Lipinski definition) is 3. The van der Waals surface area contributed by atoms with Crippen LogP contribution in [-0.4, -0.2) is 8.42 Å². The van der Waals surface area contributed by atoms with Gasteiger partial charge in [-0.2, -0.15) is 0 Å². The van der Waals surface area contributed by atoms with Crippen molar-refractivity contribution < 1.29 is 12.8 Å². The summed E-state index contributed by atoms with van der Waals surface area (Å²) in [7, 11) is -3.91. The van der Waals surface area contributed by atoms with Crippen molar-refractivity contribution in [1.29, 1.82) is 0 Å². The van der Waals surface area contributed by atoms with Crippen LogP contribution >= 0.6 is 11.6 Å². The average Bonchev–Trinajstić information content (AvgIpc) is 2.31. The Morgan fingerprint density at radius 1 is 1.20 bits per heavy atom. The molecule has 0 aliphatic carbocycles. The van der Waals surface area contributed by atoms with Crippen molar-refractivity contribution in [1.82, 2.24) is 0 Å². The Morgan fingerprint density at radius 3 is 2.50 bits per heavy atom. The van der Waals surface area contributed by atoms with Gasteiger partial charge in [-0.15, -0.1) is 0 Å². The van der Waals surface area contributed by atoms with Crippen LogP contribution in [0.1, 0.15) is 5.56 Å². The molecule has 0 bridgehead atoms. The molecular weight excluding hydrogens is 303 g/mol. The third kappa shape index (κ3) is 3.20. The zero-order chi connectivity index (χ0) is 14.9. The first-order chi connectivity index (χ1) is 9.28. The van der Waals surface area contributed by atoms with Crippen molar-refractivity contribution in [2.24, 2.45) is 0 Å². The highest BCUT2D eigenvalue weighted by Gasteiger charge is 2.17. The second-order valence-electron chi connectivity index (χ2n) is 4.31. The van der Waals surface area contributed by atoms with Crippen LogP contribution in [0.25, 0.3) is 0 Å². The minimum absolute atomic E-state index is 0.0237. The van der Waals surface area contributed by atoms with Gasteiger partial charge in [-0.3, -0.25) is 4.72 Å². The number of nitrogen functional groups attached to an aromatic ring is 1. The van der Waals surface area contributed by atoms with Crippen molar-refractivity contribution in [2.45, 2.75) is 11.8 Å². The van der Waals surface area contributed by atoms with E-state index in [9.17, 15) is 12.8 Å². The van der Waals surface area contributed by atoms with Crippen molar-refractivity contribution in [3.05, 3.63) is 52.8 Å². The summed E-state index contributed by atoms with van der Waals surface area (Å²) < 4.78 is 40.1. The van der Waals surface area contributed by atoms with E-state index in [0.29, 0.717) is 11.3 Å². The normalized spacial score (nSPS) is 11.3. The van der Waals surface area contributed by atoms with E-state index in [4.69, 9.17) is 17.3 Å². The first-order valence-electron chi connectivity index (χ1n) is 5.63. The van der Waals surface area contributed by atoms with Crippen molar-refractivity contribution in [3.8, 4) is 0 Å². The summed E-state index contributed by atoms with van der Waals surface area (Å²) in [6, 6.07) is 8.09. The Bertz CT molecular complexity index is 743. The Kier molecular flexibility index (Phi) is 3.87. The lowest BCUT2D eigenvalue weighted by Crippen LogP contribution is -2.14. The molecule has 4 nitrogen and oxygen atoms in total. The van der Waals surface area contributed by atoms with Gasteiger partial charge in [-0.1, -0.05) is 11.6 Å². The Hall–Kier alpha value is -1.79.